The van der Waals surface area contributed by atoms with Crippen LogP contribution in [0.1, 0.15) is 68.0 Å². The van der Waals surface area contributed by atoms with Crippen LogP contribution in [-0.2, 0) is 21.2 Å². The van der Waals surface area contributed by atoms with Crippen molar-refractivity contribution in [2.24, 2.45) is 5.92 Å². The summed E-state index contributed by atoms with van der Waals surface area (Å²) in [5.74, 6) is -0.662. The minimum Gasteiger partial charge on any atom is -0.493 e. The molecule has 2 amide bonds. The lowest BCUT2D eigenvalue weighted by Crippen LogP contribution is -2.34. The molecule has 2 aliphatic rings. The Kier molecular flexibility index (Phi) is 6.40. The summed E-state index contributed by atoms with van der Waals surface area (Å²) in [5, 5.41) is 2.74. The third-order valence-electron chi connectivity index (χ3n) is 5.55. The van der Waals surface area contributed by atoms with E-state index in [0.717, 1.165) is 17.7 Å². The monoisotopic (exact) mass is 507 g/mol. The fraction of sp³-hybridized carbons (Fsp3) is 0.462. The summed E-state index contributed by atoms with van der Waals surface area (Å²) in [5.41, 5.74) is -2.67. The Morgan fingerprint density at radius 3 is 2.63 bits per heavy atom. The van der Waals surface area contributed by atoms with Gasteiger partial charge in [0.2, 0.25) is 5.91 Å². The number of amides is 2. The second kappa shape index (κ2) is 11.1. The van der Waals surface area contributed by atoms with Crippen molar-refractivity contribution in [3.05, 3.63) is 53.1 Å². The molecule has 1 N–H and O–H groups in total. The number of nitrogens with zero attached hydrogens (tertiary/aromatic N) is 1. The summed E-state index contributed by atoms with van der Waals surface area (Å²) in [7, 11) is -4.05. The zero-order chi connectivity index (χ0) is 30.0. The number of benzene rings is 2. The number of hydrogen-bond acceptors (Lipinski definition) is 6. The standard InChI is InChI=1S/C24H28N2O6S.C2H6/c1-4-32-21-12-16(10-11-20(21)31-2)19(14-33(3,29)30)26-13-17-6-5-7-18(22(17)24(26)28)25-23(27)15-8-9-15;1-2/h5-7,10-12,15,19H,4,8-9,13-14H2,1-3H3,(H,25,27);1-2H3/t19-;/m1./s1/i3D3,14D2;. The maximum atomic E-state index is 13.8. The van der Waals surface area contributed by atoms with Crippen molar-refractivity contribution >= 4 is 27.3 Å². The lowest BCUT2D eigenvalue weighted by molar-refractivity contribution is -0.117. The van der Waals surface area contributed by atoms with E-state index in [1.165, 1.54) is 25.3 Å². The summed E-state index contributed by atoms with van der Waals surface area (Å²) in [6, 6.07) is 7.05. The summed E-state index contributed by atoms with van der Waals surface area (Å²) in [4.78, 5) is 27.2. The van der Waals surface area contributed by atoms with Gasteiger partial charge < -0.3 is 19.7 Å². The molecule has 9 heteroatoms. The van der Waals surface area contributed by atoms with E-state index in [1.54, 1.807) is 25.1 Å². The first-order valence-electron chi connectivity index (χ1n) is 14.0. The van der Waals surface area contributed by atoms with Gasteiger partial charge in [-0.3, -0.25) is 9.59 Å². The van der Waals surface area contributed by atoms with E-state index in [0.29, 0.717) is 5.56 Å². The van der Waals surface area contributed by atoms with Crippen LogP contribution in [0.3, 0.4) is 0 Å². The Hall–Kier alpha value is -3.07. The number of rotatable bonds is 9. The Morgan fingerprint density at radius 1 is 1.26 bits per heavy atom. The molecule has 2 aromatic rings. The number of nitrogens with one attached hydrogen (secondary N) is 1. The molecule has 0 radical (unpaired) electrons. The molecule has 0 spiro atoms. The first kappa shape index (κ1) is 20.2. The minimum atomic E-state index is -5.45. The van der Waals surface area contributed by atoms with Crippen LogP contribution in [0.25, 0.3) is 0 Å². The van der Waals surface area contributed by atoms with Crippen LogP contribution in [0.2, 0.25) is 0 Å². The molecule has 0 unspecified atom stereocenters. The maximum absolute atomic E-state index is 13.8. The molecule has 1 heterocycles. The molecule has 35 heavy (non-hydrogen) atoms. The largest absolute Gasteiger partial charge is 0.493 e. The Balaban J connectivity index is 0.00000216. The third-order valence-corrected chi connectivity index (χ3v) is 6.09. The predicted molar refractivity (Wildman–Crippen MR) is 136 cm³/mol. The summed E-state index contributed by atoms with van der Waals surface area (Å²) < 4.78 is 76.8. The van der Waals surface area contributed by atoms with E-state index in [9.17, 15) is 18.0 Å². The second-order valence-corrected chi connectivity index (χ2v) is 9.15. The van der Waals surface area contributed by atoms with Gasteiger partial charge in [-0.2, -0.15) is 0 Å². The zero-order valence-corrected chi connectivity index (χ0v) is 21.1. The number of hydrogen-bond donors (Lipinski definition) is 1. The van der Waals surface area contributed by atoms with Gasteiger partial charge in [-0.05, 0) is 49.1 Å². The fourth-order valence-electron chi connectivity index (χ4n) is 3.87. The third kappa shape index (κ3) is 6.14. The van der Waals surface area contributed by atoms with E-state index < -0.39 is 33.7 Å². The maximum Gasteiger partial charge on any atom is 0.257 e. The van der Waals surface area contributed by atoms with Gasteiger partial charge >= 0.3 is 0 Å². The molecule has 0 saturated heterocycles. The Morgan fingerprint density at radius 2 is 2.00 bits per heavy atom. The molecule has 0 aromatic heterocycles. The van der Waals surface area contributed by atoms with Crippen molar-refractivity contribution in [2.75, 3.05) is 30.9 Å². The fourth-order valence-corrected chi connectivity index (χ4v) is 4.42. The lowest BCUT2D eigenvalue weighted by Gasteiger charge is -2.28. The van der Waals surface area contributed by atoms with E-state index in [4.69, 9.17) is 16.3 Å². The second-order valence-electron chi connectivity index (χ2n) is 7.90. The van der Waals surface area contributed by atoms with Crippen LogP contribution in [0, 0.1) is 5.92 Å². The number of carbonyl (C=O) groups is 2. The SMILES string of the molecule is CC.[2H]C([2H])([2H])S(=O)(=O)C([2H])([2H])[C@H](c1ccc(OC)c(OCC)c1)N1Cc2cccc(NC(=O)C3CC3)c2C1=O. The molecule has 1 aliphatic carbocycles. The van der Waals surface area contributed by atoms with Gasteiger partial charge in [-0.1, -0.05) is 32.0 Å². The molecule has 0 bridgehead atoms. The molecule has 1 fully saturated rings. The van der Waals surface area contributed by atoms with Gasteiger partial charge in [-0.25, -0.2) is 8.42 Å². The first-order chi connectivity index (χ1) is 18.7. The van der Waals surface area contributed by atoms with Crippen molar-refractivity contribution < 1.29 is 34.3 Å². The minimum absolute atomic E-state index is 0.00297. The molecule has 8 nitrogen and oxygen atoms in total. The number of anilines is 1. The summed E-state index contributed by atoms with van der Waals surface area (Å²) in [6.45, 7) is 5.71. The number of ether oxygens (including phenoxy) is 2. The van der Waals surface area contributed by atoms with Crippen molar-refractivity contribution in [1.29, 1.82) is 0 Å². The average molecular weight is 508 g/mol. The normalized spacial score (nSPS) is 18.5. The van der Waals surface area contributed by atoms with Crippen molar-refractivity contribution in [2.45, 2.75) is 46.2 Å². The molecule has 4 rings (SSSR count). The average Bonchev–Trinajstić information content (AvgIpc) is 3.70. The van der Waals surface area contributed by atoms with E-state index in [1.807, 2.05) is 13.8 Å². The van der Waals surface area contributed by atoms with Crippen LogP contribution >= 0.6 is 0 Å². The van der Waals surface area contributed by atoms with E-state index >= 15 is 0 Å². The van der Waals surface area contributed by atoms with Crippen LogP contribution in [0.5, 0.6) is 11.5 Å². The predicted octanol–water partition coefficient (Wildman–Crippen LogP) is 4.21. The van der Waals surface area contributed by atoms with Crippen LogP contribution in [0.15, 0.2) is 36.4 Å². The van der Waals surface area contributed by atoms with Crippen molar-refractivity contribution in [3.8, 4) is 11.5 Å². The highest BCUT2D eigenvalue weighted by Gasteiger charge is 2.38. The van der Waals surface area contributed by atoms with E-state index in [2.05, 4.69) is 5.32 Å². The highest BCUT2D eigenvalue weighted by Crippen LogP contribution is 2.39. The highest BCUT2D eigenvalue weighted by atomic mass is 32.2. The molecule has 2 aromatic carbocycles. The zero-order valence-electron chi connectivity index (χ0n) is 25.3. The summed E-state index contributed by atoms with van der Waals surface area (Å²) in [6.07, 6.45) is -2.20. The quantitative estimate of drug-likeness (QED) is 0.546. The molecular formula is C26H34N2O6S. The topological polar surface area (TPSA) is 102 Å². The van der Waals surface area contributed by atoms with Crippen LogP contribution in [0.4, 0.5) is 5.69 Å². The van der Waals surface area contributed by atoms with Crippen LogP contribution in [-0.4, -0.2) is 50.7 Å². The number of sulfone groups is 1. The number of fused-ring (bicyclic) bond motifs is 1. The molecular weight excluding hydrogens is 468 g/mol. The van der Waals surface area contributed by atoms with Gasteiger partial charge in [0.25, 0.3) is 5.91 Å². The van der Waals surface area contributed by atoms with Gasteiger partial charge in [0.1, 0.15) is 9.84 Å². The lowest BCUT2D eigenvalue weighted by atomic mass is 10.1. The van der Waals surface area contributed by atoms with Crippen LogP contribution < -0.4 is 14.8 Å². The Labute approximate surface area is 214 Å². The van der Waals surface area contributed by atoms with Crippen molar-refractivity contribution in [1.82, 2.24) is 4.90 Å². The smallest absolute Gasteiger partial charge is 0.257 e. The summed E-state index contributed by atoms with van der Waals surface area (Å²) >= 11 is 0. The molecule has 1 aliphatic heterocycles. The molecule has 1 atom stereocenters. The number of methoxy groups -OCH3 is 1. The molecule has 190 valence electrons. The Bertz CT molecular complexity index is 1380. The molecule has 1 saturated carbocycles. The van der Waals surface area contributed by atoms with Gasteiger partial charge in [0.15, 0.2) is 11.5 Å². The highest BCUT2D eigenvalue weighted by molar-refractivity contribution is 7.90. The number of carbonyl (C=O) groups excluding carboxylic acids is 2. The van der Waals surface area contributed by atoms with Gasteiger partial charge in [0.05, 0.1) is 36.7 Å². The first-order valence-corrected chi connectivity index (χ1v) is 13.0. The van der Waals surface area contributed by atoms with Gasteiger partial charge in [0, 0.05) is 25.5 Å². The van der Waals surface area contributed by atoms with Crippen molar-refractivity contribution in [3.63, 3.8) is 0 Å². The van der Waals surface area contributed by atoms with E-state index in [-0.39, 0.29) is 53.3 Å². The van der Waals surface area contributed by atoms with Gasteiger partial charge in [-0.15, -0.1) is 0 Å².